The summed E-state index contributed by atoms with van der Waals surface area (Å²) in [6.07, 6.45) is 13.4. The monoisotopic (exact) mass is 456 g/mol. The van der Waals surface area contributed by atoms with Crippen LogP contribution < -0.4 is 0 Å². The zero-order valence-corrected chi connectivity index (χ0v) is 18.5. The van der Waals surface area contributed by atoms with Crippen LogP contribution in [0.4, 0.5) is 0 Å². The van der Waals surface area contributed by atoms with Gasteiger partial charge in [-0.15, -0.1) is 0 Å². The van der Waals surface area contributed by atoms with Crippen LogP contribution >= 0.6 is 15.9 Å². The summed E-state index contributed by atoms with van der Waals surface area (Å²) in [4.78, 5) is 20.2. The minimum atomic E-state index is 0.149. The van der Waals surface area contributed by atoms with Crippen LogP contribution in [0.15, 0.2) is 40.9 Å². The third-order valence-corrected chi connectivity index (χ3v) is 7.76. The number of rotatable bonds is 3. The van der Waals surface area contributed by atoms with E-state index in [1.165, 1.54) is 37.8 Å². The Morgan fingerprint density at radius 1 is 1.17 bits per heavy atom. The summed E-state index contributed by atoms with van der Waals surface area (Å²) in [6.45, 7) is 1.84. The second kappa shape index (κ2) is 8.21. The lowest BCUT2D eigenvalue weighted by Crippen LogP contribution is -2.50. The van der Waals surface area contributed by atoms with Gasteiger partial charge in [0.2, 0.25) is 5.91 Å². The van der Waals surface area contributed by atoms with Crippen LogP contribution in [-0.4, -0.2) is 50.5 Å². The molecule has 0 spiro atoms. The van der Waals surface area contributed by atoms with E-state index in [0.717, 1.165) is 37.9 Å². The third-order valence-electron chi connectivity index (χ3n) is 6.98. The number of aryl methyl sites for hydroxylation is 1. The van der Waals surface area contributed by atoms with Gasteiger partial charge < -0.3 is 4.90 Å². The number of nitrogens with zero attached hydrogens (tertiary/aromatic N) is 4. The van der Waals surface area contributed by atoms with Crippen molar-refractivity contribution < 1.29 is 4.79 Å². The molecule has 2 fully saturated rings. The summed E-state index contributed by atoms with van der Waals surface area (Å²) >= 11 is 3.88. The second-order valence-corrected chi connectivity index (χ2v) is 10.1. The molecular formula is C23H29BrN4O. The minimum Gasteiger partial charge on any atom is -0.365 e. The standard InChI is InChI=1S/C23H29BrN4O/c24-17-6-7-18-19(14-17)20-4-2-1-3-13-27(20)21-15-28(26-23(18)21)22(29)8-5-16-9-11-25-12-10-16/h9-12,17-18,21H,1-8,13-15H2. The van der Waals surface area contributed by atoms with Crippen molar-refractivity contribution >= 4 is 27.5 Å². The molecule has 4 aliphatic rings. The van der Waals surface area contributed by atoms with Crippen LogP contribution in [0.25, 0.3) is 0 Å². The number of carbonyl (C=O) groups is 1. The highest BCUT2D eigenvalue weighted by atomic mass is 79.9. The Morgan fingerprint density at radius 2 is 2.03 bits per heavy atom. The maximum absolute atomic E-state index is 13.0. The van der Waals surface area contributed by atoms with Crippen LogP contribution in [0.2, 0.25) is 0 Å². The lowest BCUT2D eigenvalue weighted by Gasteiger charge is -2.44. The molecule has 0 bridgehead atoms. The van der Waals surface area contributed by atoms with Crippen molar-refractivity contribution in [3.63, 3.8) is 0 Å². The van der Waals surface area contributed by atoms with Crippen molar-refractivity contribution in [1.29, 1.82) is 0 Å². The molecule has 1 aromatic rings. The van der Waals surface area contributed by atoms with Gasteiger partial charge in [-0.2, -0.15) is 5.10 Å². The Morgan fingerprint density at radius 3 is 2.90 bits per heavy atom. The molecule has 1 saturated heterocycles. The predicted octanol–water partition coefficient (Wildman–Crippen LogP) is 4.29. The molecule has 4 heterocycles. The van der Waals surface area contributed by atoms with E-state index in [2.05, 4.69) is 25.8 Å². The van der Waals surface area contributed by atoms with Gasteiger partial charge in [-0.1, -0.05) is 22.4 Å². The number of pyridine rings is 1. The highest BCUT2D eigenvalue weighted by Crippen LogP contribution is 2.45. The lowest BCUT2D eigenvalue weighted by molar-refractivity contribution is -0.131. The fourth-order valence-corrected chi connectivity index (χ4v) is 6.13. The Bertz CT molecular complexity index is 837. The van der Waals surface area contributed by atoms with Crippen LogP contribution in [0, 0.1) is 5.92 Å². The van der Waals surface area contributed by atoms with Crippen molar-refractivity contribution in [2.45, 2.75) is 68.7 Å². The lowest BCUT2D eigenvalue weighted by atomic mass is 9.74. The molecule has 3 aliphatic heterocycles. The van der Waals surface area contributed by atoms with E-state index >= 15 is 0 Å². The summed E-state index contributed by atoms with van der Waals surface area (Å²) in [7, 11) is 0. The Hall–Kier alpha value is -1.69. The first-order valence-electron chi connectivity index (χ1n) is 11.1. The van der Waals surface area contributed by atoms with Gasteiger partial charge in [0.15, 0.2) is 0 Å². The van der Waals surface area contributed by atoms with Crippen molar-refractivity contribution in [3.05, 3.63) is 41.4 Å². The summed E-state index contributed by atoms with van der Waals surface area (Å²) in [6, 6.07) is 4.27. The van der Waals surface area contributed by atoms with Crippen LogP contribution in [-0.2, 0) is 11.2 Å². The van der Waals surface area contributed by atoms with Crippen molar-refractivity contribution in [2.24, 2.45) is 11.0 Å². The number of amides is 1. The van der Waals surface area contributed by atoms with Gasteiger partial charge >= 0.3 is 0 Å². The van der Waals surface area contributed by atoms with E-state index in [0.29, 0.717) is 23.2 Å². The molecule has 5 nitrogen and oxygen atoms in total. The molecule has 0 radical (unpaired) electrons. The van der Waals surface area contributed by atoms with Crippen molar-refractivity contribution in [2.75, 3.05) is 13.1 Å². The summed E-state index contributed by atoms with van der Waals surface area (Å²) in [5.41, 5.74) is 5.63. The topological polar surface area (TPSA) is 48.8 Å². The van der Waals surface area contributed by atoms with Gasteiger partial charge in [-0.05, 0) is 68.2 Å². The van der Waals surface area contributed by atoms with Gasteiger partial charge in [0, 0.05) is 41.8 Å². The number of aromatic nitrogens is 1. The van der Waals surface area contributed by atoms with Gasteiger partial charge in [0.1, 0.15) is 0 Å². The average Bonchev–Trinajstić information content (AvgIpc) is 3.04. The highest BCUT2D eigenvalue weighted by molar-refractivity contribution is 9.09. The first-order valence-corrected chi connectivity index (χ1v) is 12.0. The first-order chi connectivity index (χ1) is 14.2. The van der Waals surface area contributed by atoms with Crippen LogP contribution in [0.1, 0.15) is 56.9 Å². The first kappa shape index (κ1) is 19.3. The van der Waals surface area contributed by atoms with Gasteiger partial charge in [0.05, 0.1) is 18.3 Å². The van der Waals surface area contributed by atoms with Gasteiger partial charge in [-0.3, -0.25) is 9.78 Å². The molecule has 29 heavy (non-hydrogen) atoms. The highest BCUT2D eigenvalue weighted by Gasteiger charge is 2.46. The largest absolute Gasteiger partial charge is 0.365 e. The van der Waals surface area contributed by atoms with E-state index in [9.17, 15) is 4.79 Å². The SMILES string of the molecule is O=C(CCc1ccncc1)N1CC2C(=N1)C1CCC(Br)CC1=C1CCCCCN12. The smallest absolute Gasteiger partial charge is 0.243 e. The quantitative estimate of drug-likeness (QED) is 0.637. The van der Waals surface area contributed by atoms with Crippen LogP contribution in [0.5, 0.6) is 0 Å². The molecule has 0 aromatic carbocycles. The van der Waals surface area contributed by atoms with E-state index in [1.807, 2.05) is 12.1 Å². The zero-order chi connectivity index (χ0) is 19.8. The number of hydrogen-bond acceptors (Lipinski definition) is 4. The number of hydrazone groups is 1. The van der Waals surface area contributed by atoms with Gasteiger partial charge in [-0.25, -0.2) is 5.01 Å². The molecule has 0 N–H and O–H groups in total. The number of hydrogen-bond donors (Lipinski definition) is 0. The predicted molar refractivity (Wildman–Crippen MR) is 118 cm³/mol. The van der Waals surface area contributed by atoms with Crippen molar-refractivity contribution in [3.8, 4) is 0 Å². The van der Waals surface area contributed by atoms with E-state index < -0.39 is 0 Å². The number of alkyl halides is 1. The maximum atomic E-state index is 13.0. The molecule has 1 aliphatic carbocycles. The number of allylic oxidation sites excluding steroid dienone is 2. The fraction of sp³-hybridized carbons (Fsp3) is 0.609. The third kappa shape index (κ3) is 3.76. The summed E-state index contributed by atoms with van der Waals surface area (Å²) < 4.78 is 0. The fourth-order valence-electron chi connectivity index (χ4n) is 5.52. The molecule has 1 amide bonds. The van der Waals surface area contributed by atoms with Crippen molar-refractivity contribution in [1.82, 2.24) is 14.9 Å². The normalized spacial score (nSPS) is 29.0. The minimum absolute atomic E-state index is 0.149. The molecule has 1 saturated carbocycles. The number of fused-ring (bicyclic) bond motifs is 5. The molecular weight excluding hydrogens is 428 g/mol. The van der Waals surface area contributed by atoms with E-state index in [-0.39, 0.29) is 5.91 Å². The molecule has 5 rings (SSSR count). The second-order valence-electron chi connectivity index (χ2n) is 8.78. The number of carbonyl (C=O) groups excluding carboxylic acids is 1. The van der Waals surface area contributed by atoms with Gasteiger partial charge in [0.25, 0.3) is 0 Å². The summed E-state index contributed by atoms with van der Waals surface area (Å²) in [5, 5.41) is 6.73. The molecule has 154 valence electrons. The summed E-state index contributed by atoms with van der Waals surface area (Å²) in [5.74, 6) is 0.604. The zero-order valence-electron chi connectivity index (χ0n) is 16.9. The molecule has 3 unspecified atom stereocenters. The molecule has 1 aromatic heterocycles. The molecule has 3 atom stereocenters. The Labute approximate surface area is 181 Å². The number of halogens is 1. The van der Waals surface area contributed by atoms with Crippen LogP contribution in [0.3, 0.4) is 0 Å². The molecule has 6 heteroatoms. The Balaban J connectivity index is 1.37. The van der Waals surface area contributed by atoms with E-state index in [1.54, 1.807) is 28.7 Å². The maximum Gasteiger partial charge on any atom is 0.243 e. The average molecular weight is 457 g/mol. The van der Waals surface area contributed by atoms with E-state index in [4.69, 9.17) is 5.10 Å². The Kier molecular flexibility index (Phi) is 5.46.